The van der Waals surface area contributed by atoms with Crippen molar-refractivity contribution in [3.63, 3.8) is 0 Å². The van der Waals surface area contributed by atoms with Gasteiger partial charge < -0.3 is 14.7 Å². The van der Waals surface area contributed by atoms with E-state index in [1.165, 1.54) is 0 Å². The molecule has 0 amide bonds. The monoisotopic (exact) mass is 286 g/mol. The lowest BCUT2D eigenvalue weighted by Gasteiger charge is -2.19. The number of pyridine rings is 1. The molecule has 0 radical (unpaired) electrons. The zero-order valence-electron chi connectivity index (χ0n) is 12.0. The summed E-state index contributed by atoms with van der Waals surface area (Å²) >= 11 is 0. The first-order chi connectivity index (χ1) is 10.2. The second-order valence-electron chi connectivity index (χ2n) is 5.39. The van der Waals surface area contributed by atoms with Crippen LogP contribution in [0.3, 0.4) is 0 Å². The molecular formula is C16H18N2O3. The number of fused-ring (bicyclic) bond motifs is 1. The highest BCUT2D eigenvalue weighted by atomic mass is 16.5. The molecule has 1 atom stereocenters. The number of aromatic nitrogens is 1. The van der Waals surface area contributed by atoms with Crippen LogP contribution in [-0.4, -0.2) is 36.3 Å². The number of ether oxygens (including phenoxy) is 1. The predicted molar refractivity (Wildman–Crippen MR) is 80.9 cm³/mol. The topological polar surface area (TPSA) is 62.7 Å². The second-order valence-corrected chi connectivity index (χ2v) is 5.39. The molecule has 21 heavy (non-hydrogen) atoms. The van der Waals surface area contributed by atoms with Crippen molar-refractivity contribution in [2.24, 2.45) is 5.92 Å². The van der Waals surface area contributed by atoms with Crippen molar-refractivity contribution in [3.8, 4) is 5.75 Å². The average Bonchev–Trinajstić information content (AvgIpc) is 2.93. The van der Waals surface area contributed by atoms with Gasteiger partial charge in [0.2, 0.25) is 0 Å². The molecule has 0 aliphatic carbocycles. The molecule has 1 saturated heterocycles. The fourth-order valence-corrected chi connectivity index (χ4v) is 3.03. The number of methoxy groups -OCH3 is 1. The summed E-state index contributed by atoms with van der Waals surface area (Å²) in [5.74, 6) is 1.22. The zero-order chi connectivity index (χ0) is 14.8. The Morgan fingerprint density at radius 1 is 1.43 bits per heavy atom. The van der Waals surface area contributed by atoms with Crippen LogP contribution in [0.2, 0.25) is 0 Å². The number of anilines is 1. The molecular weight excluding hydrogens is 268 g/mol. The van der Waals surface area contributed by atoms with Gasteiger partial charge in [-0.3, -0.25) is 4.79 Å². The highest BCUT2D eigenvalue weighted by molar-refractivity contribution is 5.96. The number of carboxylic acid groups (broad SMARTS) is 1. The summed E-state index contributed by atoms with van der Waals surface area (Å²) in [4.78, 5) is 17.5. The van der Waals surface area contributed by atoms with Crippen LogP contribution < -0.4 is 9.64 Å². The summed E-state index contributed by atoms with van der Waals surface area (Å²) in [7, 11) is 1.66. The van der Waals surface area contributed by atoms with Gasteiger partial charge in [0, 0.05) is 36.5 Å². The summed E-state index contributed by atoms with van der Waals surface area (Å²) in [5.41, 5.74) is 0. The van der Waals surface area contributed by atoms with Gasteiger partial charge in [-0.1, -0.05) is 12.1 Å². The molecule has 110 valence electrons. The van der Waals surface area contributed by atoms with Crippen LogP contribution in [0.15, 0.2) is 30.5 Å². The van der Waals surface area contributed by atoms with E-state index in [0.717, 1.165) is 41.9 Å². The van der Waals surface area contributed by atoms with Crippen molar-refractivity contribution in [2.75, 3.05) is 25.1 Å². The number of hydrogen-bond donors (Lipinski definition) is 1. The van der Waals surface area contributed by atoms with Crippen LogP contribution in [0, 0.1) is 5.92 Å². The Labute approximate surface area is 123 Å². The van der Waals surface area contributed by atoms with Crippen molar-refractivity contribution in [2.45, 2.75) is 12.8 Å². The van der Waals surface area contributed by atoms with Gasteiger partial charge >= 0.3 is 5.97 Å². The van der Waals surface area contributed by atoms with Crippen LogP contribution in [0.1, 0.15) is 12.8 Å². The van der Waals surface area contributed by atoms with Gasteiger partial charge in [-0.2, -0.15) is 0 Å². The lowest BCUT2D eigenvalue weighted by atomic mass is 10.1. The van der Waals surface area contributed by atoms with E-state index in [-0.39, 0.29) is 12.3 Å². The first kappa shape index (κ1) is 13.7. The molecule has 2 aromatic rings. The summed E-state index contributed by atoms with van der Waals surface area (Å²) < 4.78 is 5.39. The third kappa shape index (κ3) is 2.63. The Morgan fingerprint density at radius 3 is 3.05 bits per heavy atom. The fraction of sp³-hybridized carbons (Fsp3) is 0.375. The molecule has 5 heteroatoms. The maximum absolute atomic E-state index is 10.8. The van der Waals surface area contributed by atoms with E-state index in [9.17, 15) is 4.79 Å². The van der Waals surface area contributed by atoms with Gasteiger partial charge in [-0.15, -0.1) is 0 Å². The number of hydrogen-bond acceptors (Lipinski definition) is 4. The van der Waals surface area contributed by atoms with Gasteiger partial charge in [-0.25, -0.2) is 4.98 Å². The third-order valence-corrected chi connectivity index (χ3v) is 4.01. The van der Waals surface area contributed by atoms with Crippen LogP contribution in [-0.2, 0) is 4.79 Å². The van der Waals surface area contributed by atoms with E-state index in [4.69, 9.17) is 9.84 Å². The minimum absolute atomic E-state index is 0.199. The standard InChI is InChI=1S/C16H18N2O3/c1-21-14-4-2-3-13-12(14)5-7-17-16(13)18-8-6-11(10-18)9-15(19)20/h2-5,7,11H,6,8-10H2,1H3,(H,19,20). The van der Waals surface area contributed by atoms with Crippen molar-refractivity contribution in [1.82, 2.24) is 4.98 Å². The number of rotatable bonds is 4. The molecule has 1 N–H and O–H groups in total. The van der Waals surface area contributed by atoms with Crippen LogP contribution >= 0.6 is 0 Å². The van der Waals surface area contributed by atoms with Crippen LogP contribution in [0.4, 0.5) is 5.82 Å². The summed E-state index contributed by atoms with van der Waals surface area (Å²) in [6.45, 7) is 1.59. The molecule has 0 saturated carbocycles. The number of nitrogens with zero attached hydrogens (tertiary/aromatic N) is 2. The smallest absolute Gasteiger partial charge is 0.303 e. The van der Waals surface area contributed by atoms with Crippen molar-refractivity contribution < 1.29 is 14.6 Å². The normalized spacial score (nSPS) is 18.1. The predicted octanol–water partition coefficient (Wildman–Crippen LogP) is 2.54. The molecule has 0 bridgehead atoms. The van der Waals surface area contributed by atoms with E-state index < -0.39 is 5.97 Å². The Morgan fingerprint density at radius 2 is 2.29 bits per heavy atom. The minimum atomic E-state index is -0.727. The fourth-order valence-electron chi connectivity index (χ4n) is 3.03. The molecule has 1 aliphatic heterocycles. The highest BCUT2D eigenvalue weighted by Gasteiger charge is 2.26. The van der Waals surface area contributed by atoms with Crippen molar-refractivity contribution in [3.05, 3.63) is 30.5 Å². The number of benzene rings is 1. The van der Waals surface area contributed by atoms with Gasteiger partial charge in [0.15, 0.2) is 0 Å². The van der Waals surface area contributed by atoms with E-state index in [0.29, 0.717) is 0 Å². The second kappa shape index (κ2) is 5.60. The summed E-state index contributed by atoms with van der Waals surface area (Å²) in [6, 6.07) is 7.87. The number of aliphatic carboxylic acids is 1. The molecule has 1 aliphatic rings. The van der Waals surface area contributed by atoms with Gasteiger partial charge in [0.25, 0.3) is 0 Å². The lowest BCUT2D eigenvalue weighted by molar-refractivity contribution is -0.137. The number of carbonyl (C=O) groups is 1. The zero-order valence-corrected chi connectivity index (χ0v) is 12.0. The third-order valence-electron chi connectivity index (χ3n) is 4.01. The average molecular weight is 286 g/mol. The van der Waals surface area contributed by atoms with Crippen LogP contribution in [0.25, 0.3) is 10.8 Å². The first-order valence-electron chi connectivity index (χ1n) is 7.07. The van der Waals surface area contributed by atoms with Crippen LogP contribution in [0.5, 0.6) is 5.75 Å². The highest BCUT2D eigenvalue weighted by Crippen LogP contribution is 2.33. The maximum Gasteiger partial charge on any atom is 0.303 e. The van der Waals surface area contributed by atoms with E-state index in [1.807, 2.05) is 24.3 Å². The Balaban J connectivity index is 1.93. The quantitative estimate of drug-likeness (QED) is 0.935. The number of carboxylic acids is 1. The first-order valence-corrected chi connectivity index (χ1v) is 7.07. The Bertz CT molecular complexity index is 672. The lowest BCUT2D eigenvalue weighted by Crippen LogP contribution is -2.21. The molecule has 1 aromatic heterocycles. The van der Waals surface area contributed by atoms with E-state index in [1.54, 1.807) is 13.3 Å². The molecule has 3 rings (SSSR count). The van der Waals surface area contributed by atoms with E-state index >= 15 is 0 Å². The van der Waals surface area contributed by atoms with Crippen molar-refractivity contribution in [1.29, 1.82) is 0 Å². The SMILES string of the molecule is COc1cccc2c(N3CCC(CC(=O)O)C3)nccc12. The maximum atomic E-state index is 10.8. The van der Waals surface area contributed by atoms with Crippen molar-refractivity contribution >= 4 is 22.6 Å². The van der Waals surface area contributed by atoms with Gasteiger partial charge in [0.05, 0.1) is 7.11 Å². The van der Waals surface area contributed by atoms with Gasteiger partial charge in [-0.05, 0) is 24.5 Å². The largest absolute Gasteiger partial charge is 0.496 e. The molecule has 1 aromatic carbocycles. The molecule has 5 nitrogen and oxygen atoms in total. The summed E-state index contributed by atoms with van der Waals surface area (Å²) in [6.07, 6.45) is 2.91. The molecule has 1 fully saturated rings. The Kier molecular flexibility index (Phi) is 3.64. The minimum Gasteiger partial charge on any atom is -0.496 e. The Hall–Kier alpha value is -2.30. The molecule has 1 unspecified atom stereocenters. The van der Waals surface area contributed by atoms with Gasteiger partial charge in [0.1, 0.15) is 11.6 Å². The summed E-state index contributed by atoms with van der Waals surface area (Å²) in [5, 5.41) is 11.0. The molecule has 2 heterocycles. The van der Waals surface area contributed by atoms with E-state index in [2.05, 4.69) is 9.88 Å². The molecule has 0 spiro atoms.